The number of amides is 1. The monoisotopic (exact) mass is 345 g/mol. The second-order valence-corrected chi connectivity index (χ2v) is 5.17. The van der Waals surface area contributed by atoms with Crippen molar-refractivity contribution in [3.05, 3.63) is 82.1 Å². The first-order chi connectivity index (χ1) is 11.5. The van der Waals surface area contributed by atoms with Crippen LogP contribution >= 0.6 is 11.6 Å². The molecule has 0 saturated heterocycles. The van der Waals surface area contributed by atoms with Crippen molar-refractivity contribution in [1.29, 1.82) is 0 Å². The Morgan fingerprint density at radius 2 is 1.83 bits per heavy atom. The van der Waals surface area contributed by atoms with Crippen molar-refractivity contribution in [3.63, 3.8) is 0 Å². The molecule has 0 atom stereocenters. The number of hydroxylamine groups is 1. The molecular weight excluding hydrogens is 333 g/mol. The second kappa shape index (κ2) is 8.19. The van der Waals surface area contributed by atoms with Gasteiger partial charge in [0.1, 0.15) is 5.82 Å². The number of benzene rings is 2. The molecule has 0 fully saturated rings. The van der Waals surface area contributed by atoms with E-state index in [0.717, 1.165) is 6.08 Å². The third kappa shape index (κ3) is 4.62. The fraction of sp³-hybridized carbons (Fsp3) is 0. The molecule has 2 aromatic rings. The normalized spacial score (nSPS) is 11.1. The Morgan fingerprint density at radius 3 is 2.50 bits per heavy atom. The Balaban J connectivity index is 2.16. The third-order valence-electron chi connectivity index (χ3n) is 3.12. The van der Waals surface area contributed by atoms with Gasteiger partial charge in [0.15, 0.2) is 5.78 Å². The third-order valence-corrected chi connectivity index (χ3v) is 3.45. The molecule has 2 rings (SSSR count). The highest BCUT2D eigenvalue weighted by molar-refractivity contribution is 6.34. The minimum atomic E-state index is -0.718. The molecule has 0 radical (unpaired) electrons. The van der Waals surface area contributed by atoms with E-state index in [-0.39, 0.29) is 11.3 Å². The molecule has 24 heavy (non-hydrogen) atoms. The Morgan fingerprint density at radius 1 is 1.08 bits per heavy atom. The van der Waals surface area contributed by atoms with Crippen LogP contribution in [-0.2, 0) is 4.79 Å². The van der Waals surface area contributed by atoms with Crippen molar-refractivity contribution in [2.75, 3.05) is 0 Å². The molecule has 0 aliphatic carbocycles. The number of nitrogens with one attached hydrogen (secondary N) is 1. The summed E-state index contributed by atoms with van der Waals surface area (Å²) in [6, 6.07) is 10.9. The van der Waals surface area contributed by atoms with E-state index in [1.165, 1.54) is 35.8 Å². The molecule has 6 heteroatoms. The topological polar surface area (TPSA) is 66.4 Å². The van der Waals surface area contributed by atoms with E-state index in [1.807, 2.05) is 0 Å². The van der Waals surface area contributed by atoms with Gasteiger partial charge < -0.3 is 0 Å². The van der Waals surface area contributed by atoms with E-state index in [1.54, 1.807) is 30.3 Å². The van der Waals surface area contributed by atoms with Crippen molar-refractivity contribution >= 4 is 35.4 Å². The first kappa shape index (κ1) is 17.6. The van der Waals surface area contributed by atoms with E-state index < -0.39 is 11.7 Å². The summed E-state index contributed by atoms with van der Waals surface area (Å²) in [6.45, 7) is 0. The van der Waals surface area contributed by atoms with Crippen LogP contribution in [0.5, 0.6) is 0 Å². The lowest BCUT2D eigenvalue weighted by molar-refractivity contribution is -0.124. The van der Waals surface area contributed by atoms with Crippen LogP contribution in [-0.4, -0.2) is 16.9 Å². The molecule has 122 valence electrons. The molecule has 0 heterocycles. The zero-order valence-corrected chi connectivity index (χ0v) is 13.1. The van der Waals surface area contributed by atoms with Crippen LogP contribution in [0, 0.1) is 5.82 Å². The van der Waals surface area contributed by atoms with Gasteiger partial charge in [-0.1, -0.05) is 35.9 Å². The summed E-state index contributed by atoms with van der Waals surface area (Å²) in [5, 5.41) is 8.70. The molecular formula is C18H13ClFNO3. The number of ketones is 1. The highest BCUT2D eigenvalue weighted by Crippen LogP contribution is 2.18. The number of carbonyl (C=O) groups excluding carboxylic acids is 2. The molecule has 4 nitrogen and oxygen atoms in total. The van der Waals surface area contributed by atoms with Crippen LogP contribution in [0.4, 0.5) is 4.39 Å². The second-order valence-electron chi connectivity index (χ2n) is 4.77. The van der Waals surface area contributed by atoms with Gasteiger partial charge in [-0.3, -0.25) is 14.8 Å². The first-order valence-electron chi connectivity index (χ1n) is 6.90. The molecule has 2 aromatic carbocycles. The molecule has 2 N–H and O–H groups in total. The van der Waals surface area contributed by atoms with Gasteiger partial charge in [0.25, 0.3) is 5.91 Å². The number of allylic oxidation sites excluding steroid dienone is 1. The average molecular weight is 346 g/mol. The van der Waals surface area contributed by atoms with E-state index in [9.17, 15) is 14.0 Å². The zero-order chi connectivity index (χ0) is 17.5. The van der Waals surface area contributed by atoms with Gasteiger partial charge in [-0.25, -0.2) is 9.87 Å². The first-order valence-corrected chi connectivity index (χ1v) is 7.27. The van der Waals surface area contributed by atoms with Gasteiger partial charge in [0, 0.05) is 17.2 Å². The molecule has 0 unspecified atom stereocenters. The van der Waals surface area contributed by atoms with Crippen LogP contribution in [0.3, 0.4) is 0 Å². The maximum Gasteiger partial charge on any atom is 0.267 e. The SMILES string of the molecule is O=C(C=Cc1ccc(C=CC(=O)c2ccccc2Cl)c(F)c1)NO. The van der Waals surface area contributed by atoms with Crippen molar-refractivity contribution in [2.24, 2.45) is 0 Å². The molecule has 1 amide bonds. The maximum atomic E-state index is 14.0. The maximum absolute atomic E-state index is 14.0. The molecule has 0 saturated carbocycles. The van der Waals surface area contributed by atoms with Crippen molar-refractivity contribution in [3.8, 4) is 0 Å². The van der Waals surface area contributed by atoms with Crippen LogP contribution in [0.25, 0.3) is 12.2 Å². The molecule has 0 aromatic heterocycles. The number of hydrogen-bond donors (Lipinski definition) is 2. The van der Waals surface area contributed by atoms with Crippen LogP contribution < -0.4 is 5.48 Å². The quantitative estimate of drug-likeness (QED) is 0.374. The van der Waals surface area contributed by atoms with E-state index in [4.69, 9.17) is 16.8 Å². The Labute approximate surface area is 142 Å². The summed E-state index contributed by atoms with van der Waals surface area (Å²) in [7, 11) is 0. The van der Waals surface area contributed by atoms with Crippen molar-refractivity contribution in [2.45, 2.75) is 0 Å². The smallest absolute Gasteiger partial charge is 0.267 e. The zero-order valence-electron chi connectivity index (χ0n) is 12.4. The fourth-order valence-corrected chi connectivity index (χ4v) is 2.14. The number of hydrogen-bond acceptors (Lipinski definition) is 3. The van der Waals surface area contributed by atoms with Crippen molar-refractivity contribution < 1.29 is 19.2 Å². The molecule has 0 aliphatic heterocycles. The summed E-state index contributed by atoms with van der Waals surface area (Å²) >= 11 is 5.94. The number of halogens is 2. The van der Waals surface area contributed by atoms with Crippen LogP contribution in [0.1, 0.15) is 21.5 Å². The van der Waals surface area contributed by atoms with Gasteiger partial charge in [0.05, 0.1) is 5.02 Å². The minimum Gasteiger partial charge on any atom is -0.289 e. The Bertz CT molecular complexity index is 831. The highest BCUT2D eigenvalue weighted by atomic mass is 35.5. The van der Waals surface area contributed by atoms with Gasteiger partial charge in [0.2, 0.25) is 0 Å². The van der Waals surface area contributed by atoms with Gasteiger partial charge in [-0.15, -0.1) is 0 Å². The largest absolute Gasteiger partial charge is 0.289 e. The van der Waals surface area contributed by atoms with Gasteiger partial charge in [-0.2, -0.15) is 0 Å². The van der Waals surface area contributed by atoms with E-state index in [2.05, 4.69) is 0 Å². The lowest BCUT2D eigenvalue weighted by Gasteiger charge is -2.01. The summed E-state index contributed by atoms with van der Waals surface area (Å²) in [5.74, 6) is -1.60. The number of carbonyl (C=O) groups is 2. The molecule has 0 aliphatic rings. The summed E-state index contributed by atoms with van der Waals surface area (Å²) in [5.41, 5.74) is 2.43. The summed E-state index contributed by atoms with van der Waals surface area (Å²) in [6.07, 6.45) is 5.01. The fourth-order valence-electron chi connectivity index (χ4n) is 1.91. The predicted molar refractivity (Wildman–Crippen MR) is 90.2 cm³/mol. The molecule has 0 spiro atoms. The summed E-state index contributed by atoms with van der Waals surface area (Å²) < 4.78 is 14.0. The van der Waals surface area contributed by atoms with E-state index >= 15 is 0 Å². The lowest BCUT2D eigenvalue weighted by atomic mass is 10.1. The average Bonchev–Trinajstić information content (AvgIpc) is 2.58. The Hall–Kier alpha value is -2.76. The lowest BCUT2D eigenvalue weighted by Crippen LogP contribution is -2.14. The van der Waals surface area contributed by atoms with Crippen molar-refractivity contribution in [1.82, 2.24) is 5.48 Å². The van der Waals surface area contributed by atoms with Crippen LogP contribution in [0.15, 0.2) is 54.6 Å². The number of rotatable bonds is 5. The standard InChI is InChI=1S/C18H13ClFNO3/c19-15-4-2-1-3-14(15)17(22)9-8-13-7-5-12(11-16(13)20)6-10-18(23)21-24/h1-11,24H,(H,21,23). The predicted octanol–water partition coefficient (Wildman–Crippen LogP) is 3.89. The van der Waals surface area contributed by atoms with Crippen LogP contribution in [0.2, 0.25) is 5.02 Å². The molecule has 0 bridgehead atoms. The Kier molecular flexibility index (Phi) is 6.01. The van der Waals surface area contributed by atoms with Gasteiger partial charge >= 0.3 is 0 Å². The summed E-state index contributed by atoms with van der Waals surface area (Å²) in [4.78, 5) is 22.9. The highest BCUT2D eigenvalue weighted by Gasteiger charge is 2.07. The van der Waals surface area contributed by atoms with E-state index in [0.29, 0.717) is 16.1 Å². The minimum absolute atomic E-state index is 0.221. The van der Waals surface area contributed by atoms with Gasteiger partial charge in [-0.05, 0) is 42.0 Å².